The summed E-state index contributed by atoms with van der Waals surface area (Å²) in [7, 11) is 1.82. The van der Waals surface area contributed by atoms with Crippen molar-refractivity contribution in [1.29, 1.82) is 0 Å². The van der Waals surface area contributed by atoms with E-state index in [-0.39, 0.29) is 11.6 Å². The molecule has 1 atom stereocenters. The summed E-state index contributed by atoms with van der Waals surface area (Å²) in [6.07, 6.45) is 4.32. The Morgan fingerprint density at radius 1 is 1.43 bits per heavy atom. The normalized spacial score (nSPS) is 17.5. The topological polar surface area (TPSA) is 70.4 Å². The van der Waals surface area contributed by atoms with Crippen LogP contribution in [0.4, 0.5) is 14.5 Å². The lowest BCUT2D eigenvalue weighted by molar-refractivity contribution is 0.0935. The summed E-state index contributed by atoms with van der Waals surface area (Å²) in [6.45, 7) is 1.32. The molecule has 0 saturated carbocycles. The number of benzene rings is 1. The zero-order chi connectivity index (χ0) is 16.6. The van der Waals surface area contributed by atoms with Crippen LogP contribution >= 0.6 is 0 Å². The predicted molar refractivity (Wildman–Crippen MR) is 79.3 cm³/mol. The van der Waals surface area contributed by atoms with Crippen molar-refractivity contribution in [3.05, 3.63) is 41.7 Å². The smallest absolute Gasteiger partial charge is 0.254 e. The van der Waals surface area contributed by atoms with Crippen molar-refractivity contribution in [2.45, 2.75) is 12.5 Å². The van der Waals surface area contributed by atoms with Crippen LogP contribution in [-0.2, 0) is 7.05 Å². The molecule has 1 aliphatic heterocycles. The molecule has 3 rings (SSSR count). The van der Waals surface area contributed by atoms with Crippen molar-refractivity contribution in [1.82, 2.24) is 15.1 Å². The van der Waals surface area contributed by atoms with E-state index >= 15 is 0 Å². The largest absolute Gasteiger partial charge is 0.503 e. The van der Waals surface area contributed by atoms with Crippen molar-refractivity contribution in [2.75, 3.05) is 18.0 Å². The van der Waals surface area contributed by atoms with E-state index in [1.165, 1.54) is 0 Å². The highest BCUT2D eigenvalue weighted by Gasteiger charge is 2.26. The highest BCUT2D eigenvalue weighted by atomic mass is 19.1. The minimum atomic E-state index is -1.25. The first-order chi connectivity index (χ1) is 11.0. The van der Waals surface area contributed by atoms with Crippen molar-refractivity contribution in [2.24, 2.45) is 7.05 Å². The Labute approximate surface area is 131 Å². The molecule has 1 unspecified atom stereocenters. The Morgan fingerprint density at radius 2 is 2.22 bits per heavy atom. The van der Waals surface area contributed by atoms with Gasteiger partial charge < -0.3 is 15.3 Å². The molecule has 122 valence electrons. The number of phenolic OH excluding ortho intramolecular Hbond substituents is 1. The standard InChI is InChI=1S/C15H16F2N4O2/c1-20-8-10(6-18-20)21-5-4-9(7-21)19-15(23)11-2-3-12(16)14(22)13(11)17/h2-3,6,8-9,22H,4-5,7H2,1H3,(H,19,23). The van der Waals surface area contributed by atoms with E-state index in [9.17, 15) is 18.7 Å². The number of amides is 1. The summed E-state index contributed by atoms with van der Waals surface area (Å²) >= 11 is 0. The number of phenols is 1. The highest BCUT2D eigenvalue weighted by molar-refractivity contribution is 5.95. The maximum absolute atomic E-state index is 13.8. The monoisotopic (exact) mass is 322 g/mol. The second kappa shape index (κ2) is 5.86. The maximum Gasteiger partial charge on any atom is 0.254 e. The van der Waals surface area contributed by atoms with Crippen molar-refractivity contribution in [3.8, 4) is 5.75 Å². The number of rotatable bonds is 3. The molecule has 0 bridgehead atoms. The van der Waals surface area contributed by atoms with E-state index in [1.54, 1.807) is 10.9 Å². The second-order valence-corrected chi connectivity index (χ2v) is 5.53. The molecule has 1 fully saturated rings. The van der Waals surface area contributed by atoms with Crippen LogP contribution in [0.1, 0.15) is 16.8 Å². The zero-order valence-corrected chi connectivity index (χ0v) is 12.5. The van der Waals surface area contributed by atoms with Crippen molar-refractivity contribution >= 4 is 11.6 Å². The molecule has 2 heterocycles. The average Bonchev–Trinajstić information content (AvgIpc) is 3.13. The van der Waals surface area contributed by atoms with Gasteiger partial charge in [0, 0.05) is 32.4 Å². The second-order valence-electron chi connectivity index (χ2n) is 5.53. The minimum absolute atomic E-state index is 0.158. The van der Waals surface area contributed by atoms with Gasteiger partial charge in [0.1, 0.15) is 0 Å². The molecule has 1 saturated heterocycles. The molecule has 1 aromatic heterocycles. The van der Waals surface area contributed by atoms with Gasteiger partial charge in [-0.15, -0.1) is 0 Å². The van der Waals surface area contributed by atoms with Crippen LogP contribution in [0.15, 0.2) is 24.5 Å². The number of aromatic nitrogens is 2. The number of nitrogens with one attached hydrogen (secondary N) is 1. The van der Waals surface area contributed by atoms with E-state index in [0.717, 1.165) is 24.4 Å². The summed E-state index contributed by atoms with van der Waals surface area (Å²) in [5.41, 5.74) is 0.582. The van der Waals surface area contributed by atoms with E-state index in [0.29, 0.717) is 13.0 Å². The first kappa shape index (κ1) is 15.3. The third-order valence-electron chi connectivity index (χ3n) is 3.89. The Hall–Kier alpha value is -2.64. The average molecular weight is 322 g/mol. The molecule has 1 amide bonds. The Morgan fingerprint density at radius 3 is 2.91 bits per heavy atom. The van der Waals surface area contributed by atoms with Gasteiger partial charge >= 0.3 is 0 Å². The Kier molecular flexibility index (Phi) is 3.89. The third-order valence-corrected chi connectivity index (χ3v) is 3.89. The molecule has 2 N–H and O–H groups in total. The fourth-order valence-electron chi connectivity index (χ4n) is 2.66. The summed E-state index contributed by atoms with van der Waals surface area (Å²) in [5, 5.41) is 16.0. The van der Waals surface area contributed by atoms with Gasteiger partial charge in [0.05, 0.1) is 17.4 Å². The number of halogens is 2. The van der Waals surface area contributed by atoms with Gasteiger partial charge in [0.25, 0.3) is 5.91 Å². The number of hydrogen-bond donors (Lipinski definition) is 2. The predicted octanol–water partition coefficient (Wildman–Crippen LogP) is 1.41. The van der Waals surface area contributed by atoms with Crippen LogP contribution in [0.5, 0.6) is 5.75 Å². The lowest BCUT2D eigenvalue weighted by Gasteiger charge is -2.17. The first-order valence-electron chi connectivity index (χ1n) is 7.17. The summed E-state index contributed by atoms with van der Waals surface area (Å²) in [5.74, 6) is -4.15. The number of aryl methyl sites for hydroxylation is 1. The fourth-order valence-corrected chi connectivity index (χ4v) is 2.66. The summed E-state index contributed by atoms with van der Waals surface area (Å²) < 4.78 is 28.5. The Balaban J connectivity index is 1.66. The van der Waals surface area contributed by atoms with Gasteiger partial charge in [-0.25, -0.2) is 8.78 Å². The molecule has 0 aliphatic carbocycles. The molecule has 23 heavy (non-hydrogen) atoms. The number of aromatic hydroxyl groups is 1. The summed E-state index contributed by atoms with van der Waals surface area (Å²) in [6, 6.07) is 1.73. The zero-order valence-electron chi connectivity index (χ0n) is 12.5. The quantitative estimate of drug-likeness (QED) is 0.896. The number of carbonyl (C=O) groups excluding carboxylic acids is 1. The van der Waals surface area contributed by atoms with Gasteiger partial charge in [-0.1, -0.05) is 0 Å². The van der Waals surface area contributed by atoms with Gasteiger partial charge in [-0.3, -0.25) is 9.48 Å². The van der Waals surface area contributed by atoms with Crippen molar-refractivity contribution in [3.63, 3.8) is 0 Å². The SMILES string of the molecule is Cn1cc(N2CCC(NC(=O)c3ccc(F)c(O)c3F)C2)cn1. The number of hydrogen-bond acceptors (Lipinski definition) is 4. The van der Waals surface area contributed by atoms with Crippen LogP contribution < -0.4 is 10.2 Å². The molecule has 2 aromatic rings. The molecule has 0 radical (unpaired) electrons. The molecule has 1 aliphatic rings. The molecule has 8 heteroatoms. The van der Waals surface area contributed by atoms with Crippen LogP contribution in [0.25, 0.3) is 0 Å². The van der Waals surface area contributed by atoms with E-state index in [4.69, 9.17) is 0 Å². The summed E-state index contributed by atoms with van der Waals surface area (Å²) in [4.78, 5) is 14.2. The molecular formula is C15H16F2N4O2. The first-order valence-corrected chi connectivity index (χ1v) is 7.17. The highest BCUT2D eigenvalue weighted by Crippen LogP contribution is 2.24. The van der Waals surface area contributed by atoms with Crippen LogP contribution in [0, 0.1) is 11.6 Å². The van der Waals surface area contributed by atoms with Crippen LogP contribution in [0.3, 0.4) is 0 Å². The van der Waals surface area contributed by atoms with Gasteiger partial charge in [-0.05, 0) is 18.6 Å². The number of carbonyl (C=O) groups is 1. The Bertz CT molecular complexity index is 747. The van der Waals surface area contributed by atoms with E-state index < -0.39 is 23.3 Å². The maximum atomic E-state index is 13.8. The molecule has 1 aromatic carbocycles. The van der Waals surface area contributed by atoms with E-state index in [1.807, 2.05) is 13.2 Å². The lowest BCUT2D eigenvalue weighted by Crippen LogP contribution is -2.37. The number of anilines is 1. The van der Waals surface area contributed by atoms with Gasteiger partial charge in [-0.2, -0.15) is 5.10 Å². The van der Waals surface area contributed by atoms with E-state index in [2.05, 4.69) is 15.3 Å². The van der Waals surface area contributed by atoms with Crippen LogP contribution in [-0.4, -0.2) is 39.9 Å². The molecule has 0 spiro atoms. The van der Waals surface area contributed by atoms with Crippen LogP contribution in [0.2, 0.25) is 0 Å². The van der Waals surface area contributed by atoms with Crippen molar-refractivity contribution < 1.29 is 18.7 Å². The number of nitrogens with zero attached hydrogens (tertiary/aromatic N) is 3. The minimum Gasteiger partial charge on any atom is -0.503 e. The lowest BCUT2D eigenvalue weighted by atomic mass is 10.1. The third kappa shape index (κ3) is 2.96. The van der Waals surface area contributed by atoms with Gasteiger partial charge in [0.2, 0.25) is 0 Å². The molecule has 6 nitrogen and oxygen atoms in total. The van der Waals surface area contributed by atoms with Gasteiger partial charge in [0.15, 0.2) is 17.4 Å². The molecular weight excluding hydrogens is 306 g/mol. The fraction of sp³-hybridized carbons (Fsp3) is 0.333.